The molecule has 0 spiro atoms. The molecule has 154 valence electrons. The Labute approximate surface area is 173 Å². The maximum Gasteiger partial charge on any atom is 0.221 e. The van der Waals surface area contributed by atoms with E-state index in [1.165, 1.54) is 0 Å². The lowest BCUT2D eigenvalue weighted by atomic mass is 9.88. The largest absolute Gasteiger partial charge is 0.376 e. The second-order valence-electron chi connectivity index (χ2n) is 7.53. The Morgan fingerprint density at radius 2 is 1.69 bits per heavy atom. The summed E-state index contributed by atoms with van der Waals surface area (Å²) in [5, 5.41) is 2.99. The number of ether oxygens (including phenoxy) is 1. The van der Waals surface area contributed by atoms with Gasteiger partial charge in [0, 0.05) is 45.5 Å². The monoisotopic (exact) mass is 394 g/mol. The fourth-order valence-corrected chi connectivity index (χ4v) is 3.80. The van der Waals surface area contributed by atoms with Gasteiger partial charge >= 0.3 is 0 Å². The molecule has 1 N–H and O–H groups in total. The predicted octanol–water partition coefficient (Wildman–Crippen LogP) is 3.35. The molecular weight excluding hydrogens is 364 g/mol. The average molecular weight is 395 g/mol. The van der Waals surface area contributed by atoms with Crippen LogP contribution in [0.4, 0.5) is 0 Å². The minimum absolute atomic E-state index is 0.00759. The highest BCUT2D eigenvalue weighted by molar-refractivity contribution is 5.78. The summed E-state index contributed by atoms with van der Waals surface area (Å²) in [6, 6.07) is 20.2. The second-order valence-corrected chi connectivity index (χ2v) is 7.53. The van der Waals surface area contributed by atoms with Gasteiger partial charge in [-0.3, -0.25) is 9.59 Å². The smallest absolute Gasteiger partial charge is 0.221 e. The molecule has 2 aromatic carbocycles. The van der Waals surface area contributed by atoms with Crippen LogP contribution in [0.1, 0.15) is 43.2 Å². The van der Waals surface area contributed by atoms with Gasteiger partial charge in [-0.2, -0.15) is 0 Å². The Kier molecular flexibility index (Phi) is 7.82. The van der Waals surface area contributed by atoms with Gasteiger partial charge in [0.2, 0.25) is 11.8 Å². The normalized spacial score (nSPS) is 16.0. The van der Waals surface area contributed by atoms with E-state index in [2.05, 4.69) is 29.6 Å². The molecule has 1 unspecified atom stereocenters. The molecule has 1 saturated heterocycles. The van der Waals surface area contributed by atoms with Crippen LogP contribution in [0, 0.1) is 0 Å². The number of amides is 2. The highest BCUT2D eigenvalue weighted by Gasteiger charge is 2.21. The van der Waals surface area contributed by atoms with E-state index in [1.807, 2.05) is 36.4 Å². The van der Waals surface area contributed by atoms with Crippen molar-refractivity contribution in [2.24, 2.45) is 0 Å². The highest BCUT2D eigenvalue weighted by atomic mass is 16.5. The van der Waals surface area contributed by atoms with Gasteiger partial charge in [-0.1, -0.05) is 60.7 Å². The van der Waals surface area contributed by atoms with Crippen LogP contribution in [0.3, 0.4) is 0 Å². The molecule has 1 fully saturated rings. The van der Waals surface area contributed by atoms with Gasteiger partial charge in [-0.05, 0) is 24.0 Å². The minimum atomic E-state index is -0.0108. The summed E-state index contributed by atoms with van der Waals surface area (Å²) >= 11 is 0. The third-order valence-electron chi connectivity index (χ3n) is 5.39. The van der Waals surface area contributed by atoms with Gasteiger partial charge in [0.05, 0.1) is 6.10 Å². The third-order valence-corrected chi connectivity index (χ3v) is 5.39. The Morgan fingerprint density at radius 3 is 2.21 bits per heavy atom. The number of nitrogens with one attached hydrogen (secondary N) is 1. The van der Waals surface area contributed by atoms with Crippen LogP contribution in [-0.2, 0) is 14.3 Å². The molecule has 0 aromatic heterocycles. The van der Waals surface area contributed by atoms with Crippen molar-refractivity contribution in [1.29, 1.82) is 0 Å². The number of nitrogens with zero attached hydrogens (tertiary/aromatic N) is 1. The molecule has 1 heterocycles. The van der Waals surface area contributed by atoms with Crippen molar-refractivity contribution < 1.29 is 14.3 Å². The number of hydrogen-bond donors (Lipinski definition) is 1. The fraction of sp³-hybridized carbons (Fsp3) is 0.417. The molecule has 1 atom stereocenters. The summed E-state index contributed by atoms with van der Waals surface area (Å²) in [5.74, 6) is 0.0118. The van der Waals surface area contributed by atoms with E-state index in [-0.39, 0.29) is 23.8 Å². The van der Waals surface area contributed by atoms with Crippen LogP contribution in [0.2, 0.25) is 0 Å². The molecule has 2 aromatic rings. The third kappa shape index (κ3) is 6.43. The molecule has 29 heavy (non-hydrogen) atoms. The van der Waals surface area contributed by atoms with Crippen LogP contribution in [0.5, 0.6) is 0 Å². The number of benzene rings is 2. The van der Waals surface area contributed by atoms with E-state index >= 15 is 0 Å². The van der Waals surface area contributed by atoms with Crippen molar-refractivity contribution in [3.8, 4) is 0 Å². The topological polar surface area (TPSA) is 58.6 Å². The molecule has 1 aliphatic rings. The Morgan fingerprint density at radius 1 is 1.07 bits per heavy atom. The molecule has 0 aliphatic carbocycles. The van der Waals surface area contributed by atoms with Crippen LogP contribution < -0.4 is 5.32 Å². The van der Waals surface area contributed by atoms with Crippen molar-refractivity contribution in [2.45, 2.75) is 38.2 Å². The lowest BCUT2D eigenvalue weighted by molar-refractivity contribution is -0.131. The molecular formula is C24H30N2O3. The molecule has 0 radical (unpaired) electrons. The maximum absolute atomic E-state index is 12.7. The van der Waals surface area contributed by atoms with Crippen molar-refractivity contribution in [3.63, 3.8) is 0 Å². The molecule has 3 rings (SSSR count). The van der Waals surface area contributed by atoms with Gasteiger partial charge in [0.1, 0.15) is 0 Å². The van der Waals surface area contributed by atoms with Gasteiger partial charge in [0.25, 0.3) is 0 Å². The molecule has 2 amide bonds. The zero-order chi connectivity index (χ0) is 20.5. The minimum Gasteiger partial charge on any atom is -0.376 e. The van der Waals surface area contributed by atoms with Crippen molar-refractivity contribution >= 4 is 11.8 Å². The summed E-state index contributed by atoms with van der Waals surface area (Å²) in [6.07, 6.45) is 2.54. The van der Waals surface area contributed by atoms with E-state index in [0.29, 0.717) is 26.1 Å². The quantitative estimate of drug-likeness (QED) is 0.710. The van der Waals surface area contributed by atoms with Crippen LogP contribution in [0.25, 0.3) is 0 Å². The van der Waals surface area contributed by atoms with Gasteiger partial charge in [-0.15, -0.1) is 0 Å². The molecule has 0 saturated carbocycles. The van der Waals surface area contributed by atoms with Crippen LogP contribution in [0.15, 0.2) is 60.7 Å². The summed E-state index contributed by atoms with van der Waals surface area (Å²) in [7, 11) is 0. The number of rotatable bonds is 9. The lowest BCUT2D eigenvalue weighted by Gasteiger charge is -2.24. The molecule has 5 heteroatoms. The number of hydrogen-bond acceptors (Lipinski definition) is 3. The Balaban J connectivity index is 1.55. The standard InChI is InChI=1S/C24H30N2O3/c1-19(27)26(18-22-13-8-16-29-22)15-14-25-24(28)17-23(20-9-4-2-5-10-20)21-11-6-3-7-12-21/h2-7,9-12,22-23H,8,13-18H2,1H3,(H,25,28). The van der Waals surface area contributed by atoms with Crippen molar-refractivity contribution in [1.82, 2.24) is 10.2 Å². The fourth-order valence-electron chi connectivity index (χ4n) is 3.80. The summed E-state index contributed by atoms with van der Waals surface area (Å²) < 4.78 is 5.63. The average Bonchev–Trinajstić information content (AvgIpc) is 3.26. The first-order valence-corrected chi connectivity index (χ1v) is 10.4. The summed E-state index contributed by atoms with van der Waals surface area (Å²) in [6.45, 7) is 3.89. The number of carbonyl (C=O) groups excluding carboxylic acids is 2. The second kappa shape index (κ2) is 10.8. The summed E-state index contributed by atoms with van der Waals surface area (Å²) in [5.41, 5.74) is 2.25. The Hall–Kier alpha value is -2.66. The van der Waals surface area contributed by atoms with E-state index in [9.17, 15) is 9.59 Å². The maximum atomic E-state index is 12.7. The molecule has 0 bridgehead atoms. The zero-order valence-electron chi connectivity index (χ0n) is 17.0. The van der Waals surface area contributed by atoms with Crippen LogP contribution in [-0.4, -0.2) is 49.1 Å². The first kappa shape index (κ1) is 21.1. The number of carbonyl (C=O) groups is 2. The van der Waals surface area contributed by atoms with E-state index in [1.54, 1.807) is 11.8 Å². The van der Waals surface area contributed by atoms with E-state index < -0.39 is 0 Å². The SMILES string of the molecule is CC(=O)N(CCNC(=O)CC(c1ccccc1)c1ccccc1)CC1CCCO1. The highest BCUT2D eigenvalue weighted by Crippen LogP contribution is 2.27. The predicted molar refractivity (Wildman–Crippen MR) is 114 cm³/mol. The van der Waals surface area contributed by atoms with Crippen molar-refractivity contribution in [2.75, 3.05) is 26.2 Å². The van der Waals surface area contributed by atoms with Gasteiger partial charge in [0.15, 0.2) is 0 Å². The van der Waals surface area contributed by atoms with Gasteiger partial charge < -0.3 is 15.0 Å². The van der Waals surface area contributed by atoms with Crippen LogP contribution >= 0.6 is 0 Å². The summed E-state index contributed by atoms with van der Waals surface area (Å²) in [4.78, 5) is 26.3. The van der Waals surface area contributed by atoms with E-state index in [0.717, 1.165) is 30.6 Å². The molecule has 1 aliphatic heterocycles. The Bertz CT molecular complexity index is 734. The van der Waals surface area contributed by atoms with Gasteiger partial charge in [-0.25, -0.2) is 0 Å². The van der Waals surface area contributed by atoms with Crippen molar-refractivity contribution in [3.05, 3.63) is 71.8 Å². The molecule has 5 nitrogen and oxygen atoms in total. The lowest BCUT2D eigenvalue weighted by Crippen LogP contribution is -2.41. The first-order chi connectivity index (χ1) is 14.1. The van der Waals surface area contributed by atoms with E-state index in [4.69, 9.17) is 4.74 Å². The zero-order valence-corrected chi connectivity index (χ0v) is 17.0. The first-order valence-electron chi connectivity index (χ1n) is 10.4.